The number of rotatable bonds is 5. The number of carbonyl (C=O) groups is 1. The fourth-order valence-electron chi connectivity index (χ4n) is 1.99. The van der Waals surface area contributed by atoms with Gasteiger partial charge in [-0.25, -0.2) is 0 Å². The Hall–Kier alpha value is -2.89. The largest absolute Gasteiger partial charge is 0.376 e. The zero-order valence-electron chi connectivity index (χ0n) is 12.4. The molecule has 0 aliphatic rings. The monoisotopic (exact) mass is 299 g/mol. The van der Waals surface area contributed by atoms with Gasteiger partial charge in [-0.15, -0.1) is 0 Å². The number of nitro benzene ring substituents is 1. The molecular weight excluding hydrogens is 282 g/mol. The normalized spacial score (nSPS) is 10.1. The fraction of sp³-hybridized carbons (Fsp3) is 0.188. The Morgan fingerprint density at radius 2 is 1.91 bits per heavy atom. The summed E-state index contributed by atoms with van der Waals surface area (Å²) in [6.07, 6.45) is 0. The van der Waals surface area contributed by atoms with Gasteiger partial charge in [-0.3, -0.25) is 14.9 Å². The van der Waals surface area contributed by atoms with Crippen molar-refractivity contribution < 1.29 is 9.72 Å². The second-order valence-corrected chi connectivity index (χ2v) is 4.96. The molecule has 0 unspecified atom stereocenters. The van der Waals surface area contributed by atoms with E-state index in [1.807, 2.05) is 32.0 Å². The lowest BCUT2D eigenvalue weighted by molar-refractivity contribution is -0.384. The van der Waals surface area contributed by atoms with E-state index >= 15 is 0 Å². The number of hydrogen-bond donors (Lipinski definition) is 2. The van der Waals surface area contributed by atoms with E-state index in [-0.39, 0.29) is 18.1 Å². The van der Waals surface area contributed by atoms with Crippen LogP contribution < -0.4 is 10.6 Å². The van der Waals surface area contributed by atoms with Crippen molar-refractivity contribution >= 4 is 23.0 Å². The first-order valence-corrected chi connectivity index (χ1v) is 6.82. The number of amides is 1. The van der Waals surface area contributed by atoms with Gasteiger partial charge in [0.2, 0.25) is 5.91 Å². The first-order chi connectivity index (χ1) is 10.5. The van der Waals surface area contributed by atoms with Gasteiger partial charge in [-0.1, -0.05) is 18.2 Å². The molecular formula is C16H17N3O3. The summed E-state index contributed by atoms with van der Waals surface area (Å²) in [6.45, 7) is 3.96. The number of anilines is 2. The molecule has 2 aromatic carbocycles. The molecule has 0 fully saturated rings. The molecule has 2 aromatic rings. The zero-order valence-corrected chi connectivity index (χ0v) is 12.4. The number of carbonyl (C=O) groups excluding carboxylic acids is 1. The van der Waals surface area contributed by atoms with Crippen LogP contribution in [0.2, 0.25) is 0 Å². The third-order valence-corrected chi connectivity index (χ3v) is 3.39. The summed E-state index contributed by atoms with van der Waals surface area (Å²) in [5.41, 5.74) is 3.41. The zero-order chi connectivity index (χ0) is 16.1. The van der Waals surface area contributed by atoms with Crippen LogP contribution in [-0.2, 0) is 4.79 Å². The molecule has 0 aromatic heterocycles. The molecule has 0 bridgehead atoms. The summed E-state index contributed by atoms with van der Waals surface area (Å²) in [6, 6.07) is 11.7. The standard InChI is InChI=1S/C16H17N3O3/c1-11-5-3-8-15(12(11)2)18-16(20)10-17-13-6-4-7-14(9-13)19(21)22/h3-9,17H,10H2,1-2H3,(H,18,20). The summed E-state index contributed by atoms with van der Waals surface area (Å²) < 4.78 is 0. The molecule has 2 rings (SSSR count). The lowest BCUT2D eigenvalue weighted by atomic mass is 10.1. The molecule has 0 aliphatic heterocycles. The number of hydrogen-bond acceptors (Lipinski definition) is 4. The van der Waals surface area contributed by atoms with Crippen LogP contribution in [0.25, 0.3) is 0 Å². The van der Waals surface area contributed by atoms with Gasteiger partial charge in [0.25, 0.3) is 5.69 Å². The number of nitrogens with one attached hydrogen (secondary N) is 2. The van der Waals surface area contributed by atoms with Gasteiger partial charge in [0.1, 0.15) is 0 Å². The Labute approximate surface area is 128 Å². The van der Waals surface area contributed by atoms with Gasteiger partial charge in [-0.2, -0.15) is 0 Å². The van der Waals surface area contributed by atoms with Crippen molar-refractivity contribution in [1.82, 2.24) is 0 Å². The minimum absolute atomic E-state index is 0.0139. The lowest BCUT2D eigenvalue weighted by Gasteiger charge is -2.11. The van der Waals surface area contributed by atoms with E-state index in [0.717, 1.165) is 16.8 Å². The van der Waals surface area contributed by atoms with Crippen LogP contribution in [0.3, 0.4) is 0 Å². The Kier molecular flexibility index (Phi) is 4.73. The SMILES string of the molecule is Cc1cccc(NC(=O)CNc2cccc([N+](=O)[O-])c2)c1C. The maximum absolute atomic E-state index is 12.0. The van der Waals surface area contributed by atoms with Gasteiger partial charge in [-0.05, 0) is 37.1 Å². The van der Waals surface area contributed by atoms with Crippen molar-refractivity contribution in [3.8, 4) is 0 Å². The highest BCUT2D eigenvalue weighted by Gasteiger charge is 2.08. The Balaban J connectivity index is 1.97. The van der Waals surface area contributed by atoms with Crippen molar-refractivity contribution in [2.45, 2.75) is 13.8 Å². The third-order valence-electron chi connectivity index (χ3n) is 3.39. The average Bonchev–Trinajstić information content (AvgIpc) is 2.50. The highest BCUT2D eigenvalue weighted by atomic mass is 16.6. The molecule has 0 aliphatic carbocycles. The first kappa shape index (κ1) is 15.5. The summed E-state index contributed by atoms with van der Waals surface area (Å²) >= 11 is 0. The molecule has 6 nitrogen and oxygen atoms in total. The summed E-state index contributed by atoms with van der Waals surface area (Å²) in [5, 5.41) is 16.4. The Morgan fingerprint density at radius 1 is 1.18 bits per heavy atom. The summed E-state index contributed by atoms with van der Waals surface area (Å²) in [4.78, 5) is 22.2. The minimum Gasteiger partial charge on any atom is -0.376 e. The van der Waals surface area contributed by atoms with E-state index < -0.39 is 4.92 Å². The molecule has 0 radical (unpaired) electrons. The number of non-ortho nitro benzene ring substituents is 1. The molecule has 0 heterocycles. The van der Waals surface area contributed by atoms with Crippen molar-refractivity contribution in [1.29, 1.82) is 0 Å². The highest BCUT2D eigenvalue weighted by molar-refractivity contribution is 5.94. The van der Waals surface area contributed by atoms with E-state index in [1.165, 1.54) is 12.1 Å². The predicted molar refractivity (Wildman–Crippen MR) is 86.1 cm³/mol. The van der Waals surface area contributed by atoms with Gasteiger partial charge in [0.05, 0.1) is 11.5 Å². The van der Waals surface area contributed by atoms with Crippen LogP contribution in [-0.4, -0.2) is 17.4 Å². The van der Waals surface area contributed by atoms with Gasteiger partial charge >= 0.3 is 0 Å². The van der Waals surface area contributed by atoms with E-state index in [4.69, 9.17) is 0 Å². The minimum atomic E-state index is -0.471. The van der Waals surface area contributed by atoms with E-state index in [2.05, 4.69) is 10.6 Å². The quantitative estimate of drug-likeness (QED) is 0.655. The predicted octanol–water partition coefficient (Wildman–Crippen LogP) is 3.26. The Bertz CT molecular complexity index is 714. The second kappa shape index (κ2) is 6.71. The average molecular weight is 299 g/mol. The summed E-state index contributed by atoms with van der Waals surface area (Å²) in [7, 11) is 0. The lowest BCUT2D eigenvalue weighted by Crippen LogP contribution is -2.22. The first-order valence-electron chi connectivity index (χ1n) is 6.82. The number of nitrogens with zero attached hydrogens (tertiary/aromatic N) is 1. The Morgan fingerprint density at radius 3 is 2.64 bits per heavy atom. The van der Waals surface area contributed by atoms with Gasteiger partial charge in [0.15, 0.2) is 0 Å². The number of nitro groups is 1. The van der Waals surface area contributed by atoms with Crippen molar-refractivity contribution in [2.75, 3.05) is 17.2 Å². The maximum atomic E-state index is 12.0. The topological polar surface area (TPSA) is 84.3 Å². The molecule has 0 saturated carbocycles. The van der Waals surface area contributed by atoms with Gasteiger partial charge in [0, 0.05) is 23.5 Å². The van der Waals surface area contributed by atoms with Crippen LogP contribution >= 0.6 is 0 Å². The molecule has 0 saturated heterocycles. The van der Waals surface area contributed by atoms with Crippen molar-refractivity contribution in [3.63, 3.8) is 0 Å². The van der Waals surface area contributed by atoms with E-state index in [1.54, 1.807) is 12.1 Å². The van der Waals surface area contributed by atoms with E-state index in [0.29, 0.717) is 5.69 Å². The molecule has 0 spiro atoms. The second-order valence-electron chi connectivity index (χ2n) is 4.96. The van der Waals surface area contributed by atoms with Gasteiger partial charge < -0.3 is 10.6 Å². The van der Waals surface area contributed by atoms with Crippen molar-refractivity contribution in [2.24, 2.45) is 0 Å². The molecule has 114 valence electrons. The fourth-order valence-corrected chi connectivity index (χ4v) is 1.99. The van der Waals surface area contributed by atoms with Crippen molar-refractivity contribution in [3.05, 3.63) is 63.7 Å². The number of benzene rings is 2. The van der Waals surface area contributed by atoms with Crippen LogP contribution in [0, 0.1) is 24.0 Å². The maximum Gasteiger partial charge on any atom is 0.271 e. The van der Waals surface area contributed by atoms with Crippen LogP contribution in [0.5, 0.6) is 0 Å². The van der Waals surface area contributed by atoms with Crippen LogP contribution in [0.1, 0.15) is 11.1 Å². The van der Waals surface area contributed by atoms with Crippen LogP contribution in [0.15, 0.2) is 42.5 Å². The summed E-state index contributed by atoms with van der Waals surface area (Å²) in [5.74, 6) is -0.208. The number of aryl methyl sites for hydroxylation is 1. The molecule has 6 heteroatoms. The van der Waals surface area contributed by atoms with E-state index in [9.17, 15) is 14.9 Å². The molecule has 0 atom stereocenters. The smallest absolute Gasteiger partial charge is 0.271 e. The highest BCUT2D eigenvalue weighted by Crippen LogP contribution is 2.19. The molecule has 2 N–H and O–H groups in total. The van der Waals surface area contributed by atoms with Crippen LogP contribution in [0.4, 0.5) is 17.1 Å². The third kappa shape index (κ3) is 3.82. The molecule has 22 heavy (non-hydrogen) atoms. The molecule has 1 amide bonds.